The van der Waals surface area contributed by atoms with Crippen LogP contribution in [-0.4, -0.2) is 64.8 Å². The smallest absolute Gasteiger partial charge is 0.266 e. The number of ether oxygens (including phenoxy) is 1. The maximum Gasteiger partial charge on any atom is 0.266 e. The molecular formula is C38H44ClN9O3S. The van der Waals surface area contributed by atoms with Crippen LogP contribution in [0.2, 0.25) is 5.02 Å². The maximum absolute atomic E-state index is 14.5. The van der Waals surface area contributed by atoms with Crippen LogP contribution in [0.25, 0.3) is 22.3 Å². The Kier molecular flexibility index (Phi) is 8.96. The molecule has 2 atom stereocenters. The van der Waals surface area contributed by atoms with Gasteiger partial charge in [-0.2, -0.15) is 10.1 Å². The summed E-state index contributed by atoms with van der Waals surface area (Å²) < 4.78 is 25.3. The van der Waals surface area contributed by atoms with Crippen LogP contribution < -0.4 is 25.2 Å². The molecule has 1 saturated carbocycles. The lowest BCUT2D eigenvalue weighted by Gasteiger charge is -2.44. The molecule has 1 spiro atoms. The van der Waals surface area contributed by atoms with E-state index in [0.29, 0.717) is 64.8 Å². The number of aromatic nitrogens is 6. The summed E-state index contributed by atoms with van der Waals surface area (Å²) >= 11 is 5.80. The summed E-state index contributed by atoms with van der Waals surface area (Å²) in [4.78, 5) is 31.0. The van der Waals surface area contributed by atoms with Crippen molar-refractivity contribution in [3.63, 3.8) is 0 Å². The van der Waals surface area contributed by atoms with Crippen molar-refractivity contribution in [3.8, 4) is 17.0 Å². The van der Waals surface area contributed by atoms with Crippen molar-refractivity contribution >= 4 is 45.8 Å². The van der Waals surface area contributed by atoms with Crippen LogP contribution >= 0.6 is 11.6 Å². The van der Waals surface area contributed by atoms with E-state index in [9.17, 15) is 9.35 Å². The first kappa shape index (κ1) is 34.9. The van der Waals surface area contributed by atoms with Crippen molar-refractivity contribution in [2.45, 2.75) is 76.3 Å². The van der Waals surface area contributed by atoms with E-state index in [1.807, 2.05) is 68.0 Å². The molecule has 5 heterocycles. The first-order valence-corrected chi connectivity index (χ1v) is 19.4. The van der Waals surface area contributed by atoms with Crippen LogP contribution in [0.5, 0.6) is 5.75 Å². The van der Waals surface area contributed by atoms with Crippen molar-refractivity contribution < 1.29 is 9.29 Å². The Hall–Kier alpha value is -4.17. The predicted molar refractivity (Wildman–Crippen MR) is 205 cm³/mol. The molecule has 1 aromatic carbocycles. The van der Waals surface area contributed by atoms with E-state index in [0.717, 1.165) is 54.7 Å². The minimum atomic E-state index is -1.25. The fraction of sp³-hybridized carbons (Fsp3) is 0.447. The molecule has 0 bridgehead atoms. The number of nitrogens with one attached hydrogen (secondary N) is 2. The fourth-order valence-corrected chi connectivity index (χ4v) is 8.79. The molecule has 5 aromatic rings. The number of piperidine rings is 1. The molecule has 3 aliphatic rings. The van der Waals surface area contributed by atoms with Crippen molar-refractivity contribution in [1.82, 2.24) is 34.0 Å². The summed E-state index contributed by atoms with van der Waals surface area (Å²) in [6.07, 6.45) is 8.14. The number of pyridine rings is 2. The molecule has 1 saturated heterocycles. The minimum absolute atomic E-state index is 0.0849. The van der Waals surface area contributed by atoms with Crippen molar-refractivity contribution in [1.29, 1.82) is 0 Å². The van der Waals surface area contributed by atoms with Gasteiger partial charge >= 0.3 is 0 Å². The van der Waals surface area contributed by atoms with E-state index in [1.165, 1.54) is 0 Å². The highest BCUT2D eigenvalue weighted by Crippen LogP contribution is 2.52. The SMILES string of the molecule is COc1ccc(Cn2nc3nc(N4CCC5(CC4)Cc4ncccc4[C@H]5N[S@+]([O-])C(C)(C)C)n(C)c(=O)c3c2-c2ccnc(NC3CC3)c2Cl)cc1. The average molecular weight is 742 g/mol. The van der Waals surface area contributed by atoms with E-state index in [1.54, 1.807) is 24.9 Å². The number of hydrogen-bond acceptors (Lipinski definition) is 10. The number of nitrogens with zero attached hydrogens (tertiary/aromatic N) is 7. The molecule has 2 aliphatic carbocycles. The van der Waals surface area contributed by atoms with E-state index < -0.39 is 16.1 Å². The van der Waals surface area contributed by atoms with Crippen LogP contribution in [0.1, 0.15) is 69.3 Å². The quantitative estimate of drug-likeness (QED) is 0.178. The van der Waals surface area contributed by atoms with Crippen LogP contribution in [0, 0.1) is 5.41 Å². The van der Waals surface area contributed by atoms with Crippen molar-refractivity contribution in [3.05, 3.63) is 87.1 Å². The summed E-state index contributed by atoms with van der Waals surface area (Å²) in [6.45, 7) is 7.71. The van der Waals surface area contributed by atoms with Crippen LogP contribution in [0.15, 0.2) is 59.7 Å². The van der Waals surface area contributed by atoms with E-state index in [4.69, 9.17) is 31.4 Å². The monoisotopic (exact) mass is 741 g/mol. The lowest BCUT2D eigenvalue weighted by molar-refractivity contribution is 0.174. The molecule has 0 radical (unpaired) electrons. The van der Waals surface area contributed by atoms with Crippen LogP contribution in [-0.2, 0) is 31.4 Å². The first-order chi connectivity index (χ1) is 25.0. The van der Waals surface area contributed by atoms with Gasteiger partial charge in [0, 0.05) is 66.6 Å². The second-order valence-corrected chi connectivity index (χ2v) is 17.6. The number of anilines is 2. The van der Waals surface area contributed by atoms with Crippen LogP contribution in [0.3, 0.4) is 0 Å². The zero-order valence-corrected chi connectivity index (χ0v) is 31.7. The van der Waals surface area contributed by atoms with Gasteiger partial charge in [0.15, 0.2) is 5.65 Å². The fourth-order valence-electron chi connectivity index (χ4n) is 7.59. The number of fused-ring (bicyclic) bond motifs is 2. The number of halogens is 1. The third kappa shape index (κ3) is 6.31. The first-order valence-electron chi connectivity index (χ1n) is 17.8. The third-order valence-corrected chi connectivity index (χ3v) is 12.6. The number of hydrogen-bond donors (Lipinski definition) is 2. The third-order valence-electron chi connectivity index (χ3n) is 10.7. The summed E-state index contributed by atoms with van der Waals surface area (Å²) in [5.74, 6) is 1.92. The molecule has 14 heteroatoms. The van der Waals surface area contributed by atoms with Gasteiger partial charge in [-0.15, -0.1) is 4.72 Å². The summed E-state index contributed by atoms with van der Waals surface area (Å²) in [5, 5.41) is 9.25. The Morgan fingerprint density at radius 1 is 1.08 bits per heavy atom. The van der Waals surface area contributed by atoms with E-state index in [2.05, 4.69) is 26.0 Å². The lowest BCUT2D eigenvalue weighted by Crippen LogP contribution is -2.50. The predicted octanol–water partition coefficient (Wildman–Crippen LogP) is 5.81. The normalized spacial score (nSPS) is 18.9. The van der Waals surface area contributed by atoms with Gasteiger partial charge in [0.25, 0.3) is 5.56 Å². The van der Waals surface area contributed by atoms with Crippen molar-refractivity contribution in [2.24, 2.45) is 12.5 Å². The Balaban J connectivity index is 1.16. The van der Waals surface area contributed by atoms with Gasteiger partial charge in [-0.1, -0.05) is 29.8 Å². The van der Waals surface area contributed by atoms with Gasteiger partial charge < -0.3 is 19.5 Å². The molecule has 2 fully saturated rings. The molecule has 8 rings (SSSR count). The molecule has 12 nitrogen and oxygen atoms in total. The Bertz CT molecular complexity index is 2190. The molecule has 0 unspecified atom stereocenters. The van der Waals surface area contributed by atoms with Crippen LogP contribution in [0.4, 0.5) is 11.8 Å². The zero-order chi connectivity index (χ0) is 36.4. The lowest BCUT2D eigenvalue weighted by atomic mass is 9.73. The molecule has 52 heavy (non-hydrogen) atoms. The van der Waals surface area contributed by atoms with Gasteiger partial charge in [-0.3, -0.25) is 19.0 Å². The Labute approximate surface area is 311 Å². The minimum Gasteiger partial charge on any atom is -0.598 e. The maximum atomic E-state index is 14.5. The van der Waals surface area contributed by atoms with Gasteiger partial charge in [-0.05, 0) is 88.3 Å². The Morgan fingerprint density at radius 3 is 2.52 bits per heavy atom. The summed E-state index contributed by atoms with van der Waals surface area (Å²) in [7, 11) is 3.42. The number of methoxy groups -OCH3 is 1. The van der Waals surface area contributed by atoms with Gasteiger partial charge in [0.05, 0.1) is 30.4 Å². The second kappa shape index (κ2) is 13.4. The molecule has 272 valence electrons. The highest BCUT2D eigenvalue weighted by molar-refractivity contribution is 7.90. The summed E-state index contributed by atoms with van der Waals surface area (Å²) in [6, 6.07) is 14.0. The zero-order valence-electron chi connectivity index (χ0n) is 30.1. The highest BCUT2D eigenvalue weighted by atomic mass is 35.5. The second-order valence-electron chi connectivity index (χ2n) is 15.3. The standard InChI is InChI=1S/C38H44ClN9O3S/c1-37(2,3)52(50)45-32-26-7-6-17-40-28(26)21-38(32)15-19-47(20-16-38)36-43-33-29(35(49)46(36)4)31(27-14-18-41-34(30(27)39)42-24-10-11-24)48(44-33)22-23-8-12-25(51-5)13-9-23/h6-9,12-14,17-18,24,32,45H,10-11,15-16,19-22H2,1-5H3,(H,41,42)/t32-,52-/m1/s1. The molecule has 0 amide bonds. The van der Waals surface area contributed by atoms with E-state index >= 15 is 0 Å². The van der Waals surface area contributed by atoms with Gasteiger partial charge in [0.1, 0.15) is 21.7 Å². The molecule has 2 N–H and O–H groups in total. The molecule has 1 aliphatic heterocycles. The van der Waals surface area contributed by atoms with Gasteiger partial charge in [0.2, 0.25) is 5.95 Å². The summed E-state index contributed by atoms with van der Waals surface area (Å²) in [5.41, 5.74) is 4.45. The number of rotatable bonds is 9. The van der Waals surface area contributed by atoms with Gasteiger partial charge in [-0.25, -0.2) is 4.98 Å². The van der Waals surface area contributed by atoms with E-state index in [-0.39, 0.29) is 17.0 Å². The number of benzene rings is 1. The Morgan fingerprint density at radius 2 is 1.83 bits per heavy atom. The molecule has 4 aromatic heterocycles. The largest absolute Gasteiger partial charge is 0.598 e. The average Bonchev–Trinajstić information content (AvgIpc) is 3.81. The van der Waals surface area contributed by atoms with Crippen molar-refractivity contribution in [2.75, 3.05) is 30.4 Å². The topological polar surface area (TPSA) is 138 Å². The molecular weight excluding hydrogens is 698 g/mol. The highest BCUT2D eigenvalue weighted by Gasteiger charge is 2.51.